The van der Waals surface area contributed by atoms with Gasteiger partial charge in [-0.1, -0.05) is 18.2 Å². The minimum absolute atomic E-state index is 0.558. The minimum Gasteiger partial charge on any atom is -0.497 e. The van der Waals surface area contributed by atoms with E-state index in [1.165, 1.54) is 37.4 Å². The first-order chi connectivity index (χ1) is 19.6. The Hall–Kier alpha value is -3.34. The highest BCUT2D eigenvalue weighted by atomic mass is 32.2. The summed E-state index contributed by atoms with van der Waals surface area (Å²) >= 11 is 3.04. The first kappa shape index (κ1) is 30.6. The second-order valence-corrected chi connectivity index (χ2v) is 11.8. The van der Waals surface area contributed by atoms with Crippen LogP contribution >= 0.6 is 23.1 Å². The molecule has 1 fully saturated rings. The van der Waals surface area contributed by atoms with Crippen LogP contribution in [0.2, 0.25) is 0 Å². The van der Waals surface area contributed by atoms with Crippen molar-refractivity contribution in [3.8, 4) is 16.2 Å². The van der Waals surface area contributed by atoms with Gasteiger partial charge >= 0.3 is 17.9 Å². The zero-order valence-electron chi connectivity index (χ0n) is 23.9. The molecule has 4 rings (SSSR count). The molecule has 0 bridgehead atoms. The third kappa shape index (κ3) is 7.49. The molecule has 8 nitrogen and oxygen atoms in total. The van der Waals surface area contributed by atoms with Gasteiger partial charge in [-0.25, -0.2) is 0 Å². The van der Waals surface area contributed by atoms with Crippen LogP contribution in [0, 0.1) is 6.92 Å². The van der Waals surface area contributed by atoms with Crippen LogP contribution in [0.3, 0.4) is 0 Å². The molecule has 3 aromatic rings. The second-order valence-electron chi connectivity index (χ2n) is 9.74. The largest absolute Gasteiger partial charge is 0.497 e. The van der Waals surface area contributed by atoms with Crippen LogP contribution in [0.4, 0.5) is 0 Å². The maximum atomic E-state index is 12.2. The van der Waals surface area contributed by atoms with Crippen LogP contribution in [0.1, 0.15) is 48.4 Å². The van der Waals surface area contributed by atoms with Crippen molar-refractivity contribution in [2.24, 2.45) is 0 Å². The summed E-state index contributed by atoms with van der Waals surface area (Å²) in [4.78, 5) is 38.5. The number of methoxy groups -OCH3 is 1. The van der Waals surface area contributed by atoms with E-state index in [0.29, 0.717) is 6.42 Å². The van der Waals surface area contributed by atoms with Gasteiger partial charge in [0.15, 0.2) is 18.3 Å². The van der Waals surface area contributed by atoms with E-state index in [2.05, 4.69) is 12.1 Å². The molecule has 10 heteroatoms. The number of rotatable bonds is 9. The number of esters is 3. The Kier molecular flexibility index (Phi) is 10.1. The molecule has 1 saturated heterocycles. The fourth-order valence-corrected chi connectivity index (χ4v) is 6.61. The molecular weight excluding hydrogens is 564 g/mol. The molecule has 5 atom stereocenters. The van der Waals surface area contributed by atoms with Gasteiger partial charge in [0, 0.05) is 36.9 Å². The molecule has 1 aliphatic rings. The van der Waals surface area contributed by atoms with Crippen LogP contribution in [0.5, 0.6) is 5.75 Å². The van der Waals surface area contributed by atoms with Crippen LogP contribution in [0.15, 0.2) is 54.6 Å². The van der Waals surface area contributed by atoms with Gasteiger partial charge in [-0.3, -0.25) is 14.4 Å². The maximum absolute atomic E-state index is 12.2. The summed E-state index contributed by atoms with van der Waals surface area (Å²) in [5.74, 6) is -0.895. The monoisotopic (exact) mass is 598 g/mol. The SMILES string of the molecule is COc1ccc(-c2ccc(Cc3cc(C4O[C@H](SC)C(OC(C)=O)[C@H](OC(C)=O)[C@H]4OC(C)=O)ccc3C)s2)cc1. The molecule has 0 radical (unpaired) electrons. The smallest absolute Gasteiger partial charge is 0.303 e. The number of hydrogen-bond donors (Lipinski definition) is 0. The number of carbonyl (C=O) groups is 3. The van der Waals surface area contributed by atoms with Crippen molar-refractivity contribution in [1.29, 1.82) is 0 Å². The van der Waals surface area contributed by atoms with Crippen molar-refractivity contribution in [3.05, 3.63) is 76.2 Å². The Bertz CT molecular complexity index is 1380. The number of benzene rings is 2. The van der Waals surface area contributed by atoms with Gasteiger partial charge in [0.25, 0.3) is 0 Å². The first-order valence-electron chi connectivity index (χ1n) is 13.1. The lowest BCUT2D eigenvalue weighted by Gasteiger charge is -2.44. The maximum Gasteiger partial charge on any atom is 0.303 e. The highest BCUT2D eigenvalue weighted by Gasteiger charge is 2.52. The fraction of sp³-hybridized carbons (Fsp3) is 0.387. The summed E-state index contributed by atoms with van der Waals surface area (Å²) in [5.41, 5.74) is 3.41. The van der Waals surface area contributed by atoms with Gasteiger partial charge in [-0.2, -0.15) is 0 Å². The number of aryl methyl sites for hydroxylation is 1. The van der Waals surface area contributed by atoms with Crippen molar-refractivity contribution in [2.45, 2.75) is 64.0 Å². The lowest BCUT2D eigenvalue weighted by Crippen LogP contribution is -2.57. The van der Waals surface area contributed by atoms with Gasteiger partial charge in [0.2, 0.25) is 0 Å². The molecule has 0 saturated carbocycles. The molecule has 218 valence electrons. The molecule has 1 aliphatic heterocycles. The quantitative estimate of drug-likeness (QED) is 0.221. The van der Waals surface area contributed by atoms with Crippen molar-refractivity contribution in [3.63, 3.8) is 0 Å². The summed E-state index contributed by atoms with van der Waals surface area (Å²) in [6.07, 6.45) is -1.29. The summed E-state index contributed by atoms with van der Waals surface area (Å²) in [5, 5.41) is 0. The molecule has 0 amide bonds. The second kappa shape index (κ2) is 13.5. The van der Waals surface area contributed by atoms with Crippen molar-refractivity contribution >= 4 is 41.0 Å². The first-order valence-corrected chi connectivity index (χ1v) is 15.2. The van der Waals surface area contributed by atoms with E-state index < -0.39 is 47.8 Å². The number of hydrogen-bond acceptors (Lipinski definition) is 10. The van der Waals surface area contributed by atoms with Crippen LogP contribution in [-0.4, -0.2) is 55.0 Å². The lowest BCUT2D eigenvalue weighted by atomic mass is 9.91. The summed E-state index contributed by atoms with van der Waals surface area (Å²) in [6, 6.07) is 18.2. The van der Waals surface area contributed by atoms with Crippen LogP contribution in [-0.2, 0) is 39.8 Å². The zero-order valence-corrected chi connectivity index (χ0v) is 25.5. The van der Waals surface area contributed by atoms with Crippen molar-refractivity contribution in [1.82, 2.24) is 0 Å². The standard InChI is InChI=1S/C31H34O8S2/c1-17-7-8-22(15-23(17)16-25-13-14-26(41-25)21-9-11-24(35-5)12-10-21)27-28(36-18(2)32)29(37-19(3)33)30(38-20(4)34)31(39-27)40-6/h7-15,27-31H,16H2,1-6H3/t27?,28-,29+,30?,31+/m0/s1. The molecular formula is C31H34O8S2. The lowest BCUT2D eigenvalue weighted by molar-refractivity contribution is -0.233. The summed E-state index contributed by atoms with van der Waals surface area (Å²) < 4.78 is 28.5. The third-order valence-corrected chi connectivity index (χ3v) is 8.71. The highest BCUT2D eigenvalue weighted by molar-refractivity contribution is 7.99. The Balaban J connectivity index is 1.66. The van der Waals surface area contributed by atoms with Gasteiger partial charge < -0.3 is 23.7 Å². The van der Waals surface area contributed by atoms with E-state index in [4.69, 9.17) is 23.7 Å². The molecule has 2 unspecified atom stereocenters. The Morgan fingerprint density at radius 1 is 0.854 bits per heavy atom. The number of thiophene rings is 1. The number of thioether (sulfide) groups is 1. The highest BCUT2D eigenvalue weighted by Crippen LogP contribution is 2.41. The van der Waals surface area contributed by atoms with E-state index in [-0.39, 0.29) is 0 Å². The normalized spacial score (nSPS) is 22.0. The van der Waals surface area contributed by atoms with E-state index in [1.54, 1.807) is 18.4 Å². The Morgan fingerprint density at radius 3 is 2.10 bits per heavy atom. The van der Waals surface area contributed by atoms with E-state index >= 15 is 0 Å². The zero-order chi connectivity index (χ0) is 29.7. The molecule has 1 aromatic heterocycles. The molecule has 0 aliphatic carbocycles. The van der Waals surface area contributed by atoms with E-state index in [0.717, 1.165) is 32.9 Å². The summed E-state index contributed by atoms with van der Waals surface area (Å²) in [6.45, 7) is 5.86. The molecule has 41 heavy (non-hydrogen) atoms. The van der Waals surface area contributed by atoms with E-state index in [1.807, 2.05) is 55.6 Å². The van der Waals surface area contributed by atoms with Crippen molar-refractivity contribution < 1.29 is 38.1 Å². The molecule has 2 aromatic carbocycles. The average molecular weight is 599 g/mol. The van der Waals surface area contributed by atoms with Gasteiger partial charge in [0.1, 0.15) is 17.3 Å². The number of ether oxygens (including phenoxy) is 5. The molecule has 0 spiro atoms. The molecule has 0 N–H and O–H groups in total. The summed E-state index contributed by atoms with van der Waals surface area (Å²) in [7, 11) is 1.65. The third-order valence-electron chi connectivity index (χ3n) is 6.74. The number of carbonyl (C=O) groups excluding carboxylic acids is 3. The van der Waals surface area contributed by atoms with Crippen LogP contribution < -0.4 is 4.74 Å². The van der Waals surface area contributed by atoms with E-state index in [9.17, 15) is 14.4 Å². The predicted molar refractivity (Wildman–Crippen MR) is 158 cm³/mol. The predicted octanol–water partition coefficient (Wildman–Crippen LogP) is 5.88. The molecule has 2 heterocycles. The fourth-order valence-electron chi connectivity index (χ4n) is 4.86. The van der Waals surface area contributed by atoms with Crippen molar-refractivity contribution in [2.75, 3.05) is 13.4 Å². The minimum atomic E-state index is -1.05. The Morgan fingerprint density at radius 2 is 1.49 bits per heavy atom. The van der Waals surface area contributed by atoms with Gasteiger partial charge in [0.05, 0.1) is 7.11 Å². The van der Waals surface area contributed by atoms with Gasteiger partial charge in [-0.05, 0) is 71.8 Å². The average Bonchev–Trinajstić information content (AvgIpc) is 3.40. The Labute approximate surface area is 248 Å². The van der Waals surface area contributed by atoms with Crippen LogP contribution in [0.25, 0.3) is 10.4 Å². The van der Waals surface area contributed by atoms with Gasteiger partial charge in [-0.15, -0.1) is 23.1 Å². The topological polar surface area (TPSA) is 97.4 Å².